The molecule has 11 amide bonds. The van der Waals surface area contributed by atoms with Crippen molar-refractivity contribution in [2.75, 3.05) is 79.7 Å². The van der Waals surface area contributed by atoms with E-state index in [0.717, 1.165) is 6.42 Å². The summed E-state index contributed by atoms with van der Waals surface area (Å²) in [6, 6.07) is 8.23. The Morgan fingerprint density at radius 2 is 1.34 bits per heavy atom. The van der Waals surface area contributed by atoms with Crippen LogP contribution in [0.25, 0.3) is 0 Å². The van der Waals surface area contributed by atoms with Crippen molar-refractivity contribution in [3.8, 4) is 0 Å². The van der Waals surface area contributed by atoms with Crippen LogP contribution in [0.15, 0.2) is 54.6 Å². The van der Waals surface area contributed by atoms with Crippen molar-refractivity contribution in [3.05, 3.63) is 65.7 Å². The molecule has 0 bridgehead atoms. The van der Waals surface area contributed by atoms with Crippen molar-refractivity contribution in [2.24, 2.45) is 40.7 Å². The van der Waals surface area contributed by atoms with Gasteiger partial charge in [-0.25, -0.2) is 14.4 Å². The number of urea groups is 2. The maximum absolute atomic E-state index is 14.8. The number of carbonyl (C=O) groups excluding carboxylic acids is 9. The molecule has 2 aromatic rings. The number of nitrogens with one attached hydrogen (secondary N) is 7. The maximum atomic E-state index is 14.8. The van der Waals surface area contributed by atoms with Crippen LogP contribution < -0.4 is 43.0 Å². The van der Waals surface area contributed by atoms with E-state index in [0.29, 0.717) is 62.4 Å². The van der Waals surface area contributed by atoms with E-state index in [1.807, 2.05) is 32.0 Å². The van der Waals surface area contributed by atoms with Gasteiger partial charge in [-0.3, -0.25) is 33.7 Å². The van der Waals surface area contributed by atoms with Gasteiger partial charge in [-0.05, 0) is 91.4 Å². The highest BCUT2D eigenvalue weighted by Gasteiger charge is 2.44. The summed E-state index contributed by atoms with van der Waals surface area (Å²) in [5.41, 5.74) is 6.97. The number of nitrogens with two attached hydrogens (primary N) is 1. The molecule has 0 aliphatic carbocycles. The Labute approximate surface area is 564 Å². The van der Waals surface area contributed by atoms with Crippen LogP contribution in [0, 0.1) is 35.0 Å². The Bertz CT molecular complexity index is 2720. The molecule has 0 spiro atoms. The summed E-state index contributed by atoms with van der Waals surface area (Å²) in [6.07, 6.45) is -0.0974. The molecular formula is C69H115N11O15. The normalized spacial score (nSPS) is 16.8. The number of benzene rings is 2. The number of aliphatic hydroxyl groups excluding tert-OH is 1. The van der Waals surface area contributed by atoms with Gasteiger partial charge < -0.3 is 81.5 Å². The third kappa shape index (κ3) is 27.1. The Morgan fingerprint density at radius 1 is 0.705 bits per heavy atom. The number of anilines is 1. The molecule has 1 saturated heterocycles. The fourth-order valence-electron chi connectivity index (χ4n) is 11.6. The molecule has 2 aromatic carbocycles. The standard InChI is InChI=1S/C69H115N11O15/c1-18-45(8)58(53(91-16)40-54(81)80-35-23-27-52(80)60(92-17)46(9)61(83)73-47(10)59(82)49-24-20-19-21-25-49)78(14)65(87)56(43(4)5)76-64(86)57(44(6)7)79(15)68(90)95-41-48-28-30-50(31-29-48)74-62(84)51(26-22-33-71-66(70)88)75-63(85)55(42(2)3)77-67(89)72-34-37-94-39-38-93-36-32-69(11,12)13/h19-21,24-25,28-31,42-47,51-53,55-60,82H,18,22-23,26-27,32-41H2,1-17H3,(H,73,83)(H,74,84)(H,75,85)(H,76,86)(H3,70,71,88)(H2,72,77,89)/t45-,46+,47+,51-,52-,53?,55-,56-,57-,58?,59?,60+/m1/s1. The number of aliphatic hydroxyl groups is 1. The highest BCUT2D eigenvalue weighted by atomic mass is 16.6. The van der Waals surface area contributed by atoms with Crippen molar-refractivity contribution in [1.29, 1.82) is 0 Å². The molecule has 1 aliphatic rings. The number of ether oxygens (including phenoxy) is 5. The zero-order valence-electron chi connectivity index (χ0n) is 59.5. The summed E-state index contributed by atoms with van der Waals surface area (Å²) < 4.78 is 28.9. The van der Waals surface area contributed by atoms with Crippen molar-refractivity contribution in [1.82, 2.24) is 46.6 Å². The SMILES string of the molecule is CC[C@@H](C)C(C(CC(=O)N1CCC[C@@H]1[C@@H](OC)[C@H](C)C(=O)N[C@@H](C)C(O)c1ccccc1)OC)N(C)C(=O)[C@H](NC(=O)[C@@H](C(C)C)N(C)C(=O)OCc1ccc(NC(=O)[C@@H](CCCNC(N)=O)NC(=O)[C@H](NC(=O)NCCOCCOCCC(C)(C)C)C(C)C)cc1)C(C)C. The fourth-order valence-corrected chi connectivity index (χ4v) is 11.6. The molecule has 0 saturated carbocycles. The molecule has 10 N–H and O–H groups in total. The van der Waals surface area contributed by atoms with Crippen LogP contribution in [-0.4, -0.2) is 202 Å². The summed E-state index contributed by atoms with van der Waals surface area (Å²) in [5, 5.41) is 30.3. The first-order valence-electron chi connectivity index (χ1n) is 33.6. The summed E-state index contributed by atoms with van der Waals surface area (Å²) in [6.45, 7) is 26.7. The van der Waals surface area contributed by atoms with Crippen molar-refractivity contribution < 1.29 is 71.9 Å². The average molecular weight is 1340 g/mol. The van der Waals surface area contributed by atoms with Gasteiger partial charge >= 0.3 is 18.2 Å². The van der Waals surface area contributed by atoms with Crippen LogP contribution in [0.1, 0.15) is 152 Å². The van der Waals surface area contributed by atoms with E-state index in [9.17, 15) is 48.3 Å². The number of likely N-dealkylation sites (tertiary alicyclic amines) is 1. The third-order valence-electron chi connectivity index (χ3n) is 17.4. The summed E-state index contributed by atoms with van der Waals surface area (Å²) in [5.74, 6) is -4.83. The van der Waals surface area contributed by atoms with Crippen LogP contribution in [-0.2, 0) is 59.1 Å². The van der Waals surface area contributed by atoms with Crippen molar-refractivity contribution >= 4 is 59.3 Å². The number of hydrogen-bond donors (Lipinski definition) is 9. The molecule has 26 heteroatoms. The second kappa shape index (κ2) is 41.1. The minimum absolute atomic E-state index is 0.0873. The zero-order valence-corrected chi connectivity index (χ0v) is 59.5. The van der Waals surface area contributed by atoms with Gasteiger partial charge in [0.1, 0.15) is 30.8 Å². The second-order valence-electron chi connectivity index (χ2n) is 27.2. The Morgan fingerprint density at radius 3 is 1.91 bits per heavy atom. The lowest BCUT2D eigenvalue weighted by molar-refractivity contribution is -0.148. The van der Waals surface area contributed by atoms with Crippen LogP contribution in [0.2, 0.25) is 0 Å². The van der Waals surface area contributed by atoms with E-state index in [4.69, 9.17) is 29.4 Å². The molecule has 3 rings (SSSR count). The molecule has 1 heterocycles. The molecular weight excluding hydrogens is 1220 g/mol. The molecule has 1 fully saturated rings. The number of hydrogen-bond acceptors (Lipinski definition) is 15. The van der Waals surface area contributed by atoms with E-state index in [2.05, 4.69) is 58.0 Å². The van der Waals surface area contributed by atoms with Crippen LogP contribution in [0.3, 0.4) is 0 Å². The molecule has 12 atom stereocenters. The fraction of sp³-hybridized carbons (Fsp3) is 0.696. The summed E-state index contributed by atoms with van der Waals surface area (Å²) in [4.78, 5) is 128. The molecule has 0 aromatic heterocycles. The smallest absolute Gasteiger partial charge is 0.410 e. The molecule has 0 radical (unpaired) electrons. The number of amides is 11. The number of carbonyl (C=O) groups is 9. The molecule has 536 valence electrons. The second-order valence-corrected chi connectivity index (χ2v) is 27.2. The van der Waals surface area contributed by atoms with Crippen molar-refractivity contribution in [2.45, 2.75) is 202 Å². The lowest BCUT2D eigenvalue weighted by Crippen LogP contribution is -2.60. The van der Waals surface area contributed by atoms with Crippen LogP contribution in [0.5, 0.6) is 0 Å². The average Bonchev–Trinajstić information content (AvgIpc) is 1.80. The molecule has 95 heavy (non-hydrogen) atoms. The van der Waals surface area contributed by atoms with Crippen LogP contribution in [0.4, 0.5) is 20.1 Å². The summed E-state index contributed by atoms with van der Waals surface area (Å²) >= 11 is 0. The molecule has 1 aliphatic heterocycles. The molecule has 26 nitrogen and oxygen atoms in total. The topological polar surface area (TPSA) is 340 Å². The van der Waals surface area contributed by atoms with E-state index in [-0.39, 0.29) is 74.6 Å². The predicted octanol–water partition coefficient (Wildman–Crippen LogP) is 6.24. The van der Waals surface area contributed by atoms with Gasteiger partial charge in [-0.15, -0.1) is 0 Å². The number of methoxy groups -OCH3 is 2. The number of nitrogens with zero attached hydrogens (tertiary/aromatic N) is 3. The lowest BCUT2D eigenvalue weighted by Gasteiger charge is -2.41. The van der Waals surface area contributed by atoms with Gasteiger partial charge in [0.25, 0.3) is 0 Å². The van der Waals surface area contributed by atoms with Crippen molar-refractivity contribution in [3.63, 3.8) is 0 Å². The maximum Gasteiger partial charge on any atom is 0.410 e. The predicted molar refractivity (Wildman–Crippen MR) is 363 cm³/mol. The van der Waals surface area contributed by atoms with Gasteiger partial charge in [0.05, 0.1) is 68.6 Å². The van der Waals surface area contributed by atoms with E-state index in [1.165, 1.54) is 26.2 Å². The zero-order chi connectivity index (χ0) is 71.3. The monoisotopic (exact) mass is 1340 g/mol. The Balaban J connectivity index is 1.66. The number of likely N-dealkylation sites (N-methyl/N-ethyl adjacent to an activating group) is 2. The van der Waals surface area contributed by atoms with E-state index < -0.39 is 120 Å². The van der Waals surface area contributed by atoms with Gasteiger partial charge in [0.15, 0.2) is 0 Å². The number of rotatable bonds is 40. The first-order valence-corrected chi connectivity index (χ1v) is 33.6. The molecule has 3 unspecified atom stereocenters. The van der Waals surface area contributed by atoms with Gasteiger partial charge in [0, 0.05) is 60.2 Å². The van der Waals surface area contributed by atoms with E-state index in [1.54, 1.807) is 109 Å². The number of primary amides is 1. The van der Waals surface area contributed by atoms with E-state index >= 15 is 0 Å². The highest BCUT2D eigenvalue weighted by molar-refractivity contribution is 5.98. The Hall–Kier alpha value is -7.13. The largest absolute Gasteiger partial charge is 0.445 e. The van der Waals surface area contributed by atoms with Gasteiger partial charge in [-0.2, -0.15) is 0 Å². The minimum atomic E-state index is -1.10. The quantitative estimate of drug-likeness (QED) is 0.0333. The third-order valence-corrected chi connectivity index (χ3v) is 17.4. The van der Waals surface area contributed by atoms with Gasteiger partial charge in [-0.1, -0.05) is 132 Å². The lowest BCUT2D eigenvalue weighted by atomic mass is 9.89. The minimum Gasteiger partial charge on any atom is -0.445 e. The first-order chi connectivity index (χ1) is 44.8. The summed E-state index contributed by atoms with van der Waals surface area (Å²) in [7, 11) is 6.10. The highest BCUT2D eigenvalue weighted by Crippen LogP contribution is 2.31. The van der Waals surface area contributed by atoms with Gasteiger partial charge in [0.2, 0.25) is 35.4 Å². The first kappa shape index (κ1) is 82.1. The van der Waals surface area contributed by atoms with Crippen LogP contribution >= 0.6 is 0 Å². The Kier molecular flexibility index (Phi) is 35.5.